The number of hydrogen-bond donors (Lipinski definition) is 1. The van der Waals surface area contributed by atoms with Gasteiger partial charge in [0.25, 0.3) is 0 Å². The van der Waals surface area contributed by atoms with Gasteiger partial charge in [0.05, 0.1) is 32.8 Å². The number of imidazole rings is 1. The lowest BCUT2D eigenvalue weighted by atomic mass is 10.4. The third-order valence-electron chi connectivity index (χ3n) is 2.39. The van der Waals surface area contributed by atoms with Crippen molar-refractivity contribution in [3.63, 3.8) is 0 Å². The molecule has 18 heavy (non-hydrogen) atoms. The summed E-state index contributed by atoms with van der Waals surface area (Å²) < 4.78 is 12.1. The normalized spacial score (nSPS) is 12.9. The van der Waals surface area contributed by atoms with Crippen molar-refractivity contribution in [1.29, 1.82) is 0 Å². The van der Waals surface area contributed by atoms with Crippen LogP contribution in [0.3, 0.4) is 0 Å². The number of aromatic nitrogens is 3. The van der Waals surface area contributed by atoms with Crippen LogP contribution in [0.25, 0.3) is 11.0 Å². The monoisotopic (exact) mass is 297 g/mol. The molecule has 92 valence electrons. The van der Waals surface area contributed by atoms with Crippen molar-refractivity contribution < 1.29 is 4.21 Å². The van der Waals surface area contributed by atoms with Crippen molar-refractivity contribution in [1.82, 2.24) is 15.0 Å². The SMILES string of the molecule is O=S(Cc1ccc(Cl)cn1)c1nc2cscc2[nH]1. The van der Waals surface area contributed by atoms with E-state index in [0.717, 1.165) is 16.7 Å². The Morgan fingerprint density at radius 1 is 1.39 bits per heavy atom. The van der Waals surface area contributed by atoms with Gasteiger partial charge in [0.1, 0.15) is 5.52 Å². The van der Waals surface area contributed by atoms with E-state index >= 15 is 0 Å². The smallest absolute Gasteiger partial charge is 0.197 e. The van der Waals surface area contributed by atoms with E-state index in [9.17, 15) is 4.21 Å². The molecule has 3 heterocycles. The van der Waals surface area contributed by atoms with Crippen LogP contribution in [-0.2, 0) is 16.6 Å². The molecular weight excluding hydrogens is 290 g/mol. The second-order valence-electron chi connectivity index (χ2n) is 3.67. The van der Waals surface area contributed by atoms with E-state index in [1.165, 1.54) is 0 Å². The molecule has 3 rings (SSSR count). The minimum absolute atomic E-state index is 0.330. The minimum Gasteiger partial charge on any atom is -0.330 e. The Hall–Kier alpha value is -1.24. The van der Waals surface area contributed by atoms with Crippen LogP contribution >= 0.6 is 22.9 Å². The second-order valence-corrected chi connectivity index (χ2v) is 6.22. The van der Waals surface area contributed by atoms with Crippen molar-refractivity contribution in [2.45, 2.75) is 10.9 Å². The maximum atomic E-state index is 12.1. The molecule has 1 N–H and O–H groups in total. The van der Waals surface area contributed by atoms with E-state index in [2.05, 4.69) is 15.0 Å². The number of nitrogens with zero attached hydrogens (tertiary/aromatic N) is 2. The van der Waals surface area contributed by atoms with Gasteiger partial charge in [-0.25, -0.2) is 4.98 Å². The first-order chi connectivity index (χ1) is 8.72. The second kappa shape index (κ2) is 4.79. The third kappa shape index (κ3) is 2.31. The molecule has 7 heteroatoms. The Bertz CT molecular complexity index is 676. The zero-order valence-electron chi connectivity index (χ0n) is 9.09. The summed E-state index contributed by atoms with van der Waals surface area (Å²) in [6.07, 6.45) is 1.55. The Morgan fingerprint density at radius 2 is 2.28 bits per heavy atom. The number of halogens is 1. The number of thiophene rings is 1. The predicted molar refractivity (Wildman–Crippen MR) is 73.3 cm³/mol. The standard InChI is InChI=1S/C11H8ClN3OS2/c12-7-1-2-8(13-3-7)6-18(16)11-14-9-4-17-5-10(9)15-11/h1-5H,6H2,(H,14,15). The summed E-state index contributed by atoms with van der Waals surface area (Å²) in [6.45, 7) is 0. The summed E-state index contributed by atoms with van der Waals surface area (Å²) in [7, 11) is -1.22. The van der Waals surface area contributed by atoms with E-state index < -0.39 is 10.8 Å². The third-order valence-corrected chi connectivity index (χ3v) is 4.53. The fraction of sp³-hybridized carbons (Fsp3) is 0.0909. The van der Waals surface area contributed by atoms with Crippen LogP contribution in [0.1, 0.15) is 5.69 Å². The van der Waals surface area contributed by atoms with Gasteiger partial charge in [-0.05, 0) is 12.1 Å². The molecule has 0 spiro atoms. The number of pyridine rings is 1. The molecule has 0 saturated carbocycles. The number of aromatic amines is 1. The number of hydrogen-bond acceptors (Lipinski definition) is 4. The first kappa shape index (κ1) is 11.8. The van der Waals surface area contributed by atoms with Crippen LogP contribution in [-0.4, -0.2) is 19.2 Å². The van der Waals surface area contributed by atoms with Gasteiger partial charge in [-0.15, -0.1) is 11.3 Å². The van der Waals surface area contributed by atoms with Gasteiger partial charge >= 0.3 is 0 Å². The summed E-state index contributed by atoms with van der Waals surface area (Å²) in [6, 6.07) is 3.51. The van der Waals surface area contributed by atoms with Gasteiger partial charge in [-0.3, -0.25) is 9.19 Å². The Kier molecular flexibility index (Phi) is 3.15. The highest BCUT2D eigenvalue weighted by Gasteiger charge is 2.11. The summed E-state index contributed by atoms with van der Waals surface area (Å²) >= 11 is 7.31. The molecule has 3 aromatic heterocycles. The summed E-state index contributed by atoms with van der Waals surface area (Å²) in [5.41, 5.74) is 2.51. The van der Waals surface area contributed by atoms with Crippen LogP contribution in [0.15, 0.2) is 34.2 Å². The molecule has 3 aromatic rings. The maximum Gasteiger partial charge on any atom is 0.197 e. The summed E-state index contributed by atoms with van der Waals surface area (Å²) in [4.78, 5) is 11.5. The Morgan fingerprint density at radius 3 is 3.00 bits per heavy atom. The molecular formula is C11H8ClN3OS2. The lowest BCUT2D eigenvalue weighted by molar-refractivity contribution is 0.677. The summed E-state index contributed by atoms with van der Waals surface area (Å²) in [5.74, 6) is 0.330. The number of fused-ring (bicyclic) bond motifs is 1. The molecule has 0 fully saturated rings. The Labute approximate surface area is 115 Å². The van der Waals surface area contributed by atoms with Crippen LogP contribution in [0.4, 0.5) is 0 Å². The van der Waals surface area contributed by atoms with Gasteiger partial charge in [-0.1, -0.05) is 11.6 Å². The van der Waals surface area contributed by atoms with Crippen LogP contribution < -0.4 is 0 Å². The van der Waals surface area contributed by atoms with E-state index in [1.54, 1.807) is 29.7 Å². The van der Waals surface area contributed by atoms with Gasteiger partial charge in [0, 0.05) is 17.0 Å². The highest BCUT2D eigenvalue weighted by molar-refractivity contribution is 7.84. The predicted octanol–water partition coefficient (Wildman–Crippen LogP) is 2.98. The van der Waals surface area contributed by atoms with Gasteiger partial charge in [0.15, 0.2) is 5.16 Å². The molecule has 0 aromatic carbocycles. The molecule has 0 aliphatic rings. The summed E-state index contributed by atoms with van der Waals surface area (Å²) in [5, 5.41) is 4.93. The van der Waals surface area contributed by atoms with Gasteiger partial charge < -0.3 is 4.98 Å². The fourth-order valence-corrected chi connectivity index (χ4v) is 3.33. The first-order valence-electron chi connectivity index (χ1n) is 5.13. The number of H-pyrrole nitrogens is 1. The molecule has 0 radical (unpaired) electrons. The molecule has 0 amide bonds. The van der Waals surface area contributed by atoms with Crippen molar-refractivity contribution in [3.8, 4) is 0 Å². The average molecular weight is 298 g/mol. The van der Waals surface area contributed by atoms with Crippen molar-refractivity contribution in [2.75, 3.05) is 0 Å². The quantitative estimate of drug-likeness (QED) is 0.808. The number of nitrogens with one attached hydrogen (secondary N) is 1. The molecule has 0 aliphatic heterocycles. The highest BCUT2D eigenvalue weighted by Crippen LogP contribution is 2.19. The van der Waals surface area contributed by atoms with Crippen LogP contribution in [0, 0.1) is 0 Å². The highest BCUT2D eigenvalue weighted by atomic mass is 35.5. The van der Waals surface area contributed by atoms with Gasteiger partial charge in [0.2, 0.25) is 0 Å². The molecule has 0 bridgehead atoms. The van der Waals surface area contributed by atoms with Crippen molar-refractivity contribution >= 4 is 44.8 Å². The average Bonchev–Trinajstić information content (AvgIpc) is 2.92. The lowest BCUT2D eigenvalue weighted by Gasteiger charge is -1.98. The lowest BCUT2D eigenvalue weighted by Crippen LogP contribution is -2.00. The Balaban J connectivity index is 1.82. The van der Waals surface area contributed by atoms with Crippen LogP contribution in [0.5, 0.6) is 0 Å². The van der Waals surface area contributed by atoms with E-state index in [0.29, 0.717) is 15.9 Å². The molecule has 1 unspecified atom stereocenters. The zero-order chi connectivity index (χ0) is 12.5. The molecule has 0 aliphatic carbocycles. The zero-order valence-corrected chi connectivity index (χ0v) is 11.5. The fourth-order valence-electron chi connectivity index (χ4n) is 1.53. The maximum absolute atomic E-state index is 12.1. The largest absolute Gasteiger partial charge is 0.330 e. The van der Waals surface area contributed by atoms with E-state index in [1.807, 2.05) is 10.8 Å². The van der Waals surface area contributed by atoms with E-state index in [4.69, 9.17) is 11.6 Å². The minimum atomic E-state index is -1.22. The molecule has 0 saturated heterocycles. The van der Waals surface area contributed by atoms with Gasteiger partial charge in [-0.2, -0.15) is 0 Å². The molecule has 1 atom stereocenters. The van der Waals surface area contributed by atoms with Crippen molar-refractivity contribution in [2.24, 2.45) is 0 Å². The van der Waals surface area contributed by atoms with Crippen LogP contribution in [0.2, 0.25) is 5.02 Å². The first-order valence-corrected chi connectivity index (χ1v) is 7.77. The molecule has 4 nitrogen and oxygen atoms in total. The van der Waals surface area contributed by atoms with Crippen molar-refractivity contribution in [3.05, 3.63) is 39.8 Å². The number of rotatable bonds is 3. The van der Waals surface area contributed by atoms with E-state index in [-0.39, 0.29) is 0 Å². The topological polar surface area (TPSA) is 58.6 Å².